The van der Waals surface area contributed by atoms with Crippen molar-refractivity contribution in [2.75, 3.05) is 13.1 Å². The van der Waals surface area contributed by atoms with Gasteiger partial charge in [0.15, 0.2) is 0 Å². The van der Waals surface area contributed by atoms with Crippen molar-refractivity contribution < 1.29 is 9.32 Å². The van der Waals surface area contributed by atoms with Gasteiger partial charge in [-0.3, -0.25) is 18.9 Å². The lowest BCUT2D eigenvalue weighted by molar-refractivity contribution is 0.0786. The first-order chi connectivity index (χ1) is 12.7. The second-order valence-corrected chi connectivity index (χ2v) is 6.37. The van der Waals surface area contributed by atoms with Gasteiger partial charge in [0.1, 0.15) is 5.69 Å². The van der Waals surface area contributed by atoms with Gasteiger partial charge in [-0.2, -0.15) is 0 Å². The van der Waals surface area contributed by atoms with Gasteiger partial charge < -0.3 is 4.90 Å². The number of hydrogen-bond donors (Lipinski definition) is 0. The maximum atomic E-state index is 12.6. The zero-order valence-electron chi connectivity index (χ0n) is 14.1. The zero-order chi connectivity index (χ0) is 17.9. The maximum absolute atomic E-state index is 12.6. The molecule has 132 valence electrons. The first kappa shape index (κ1) is 16.3. The summed E-state index contributed by atoms with van der Waals surface area (Å²) in [6.45, 7) is 1.73. The molecule has 7 heteroatoms. The van der Waals surface area contributed by atoms with E-state index in [1.165, 1.54) is 4.57 Å². The molecule has 0 N–H and O–H groups in total. The van der Waals surface area contributed by atoms with Crippen LogP contribution < -0.4 is 5.76 Å². The summed E-state index contributed by atoms with van der Waals surface area (Å²) in [5.74, 6) is 0.111. The molecule has 1 fully saturated rings. The minimum atomic E-state index is -0.501. The number of carbonyl (C=O) groups is 1. The van der Waals surface area contributed by atoms with Crippen LogP contribution in [0.2, 0.25) is 0 Å². The standard InChI is InChI=1S/C19H18N4O3/c24-18(15-6-2-1-3-7-15)22-11-9-14(12-22)13-23-17(21-26-19(23)25)16-8-4-5-10-20-16/h1-8,10,14H,9,11-13H2. The monoisotopic (exact) mass is 350 g/mol. The Labute approximate surface area is 149 Å². The van der Waals surface area contributed by atoms with Crippen molar-refractivity contribution in [1.82, 2.24) is 19.6 Å². The molecule has 7 nitrogen and oxygen atoms in total. The Bertz CT molecular complexity index is 950. The van der Waals surface area contributed by atoms with Crippen LogP contribution in [0.15, 0.2) is 64.0 Å². The summed E-state index contributed by atoms with van der Waals surface area (Å²) in [6, 6.07) is 14.7. The third-order valence-corrected chi connectivity index (χ3v) is 4.61. The summed E-state index contributed by atoms with van der Waals surface area (Å²) in [5, 5.41) is 3.86. The highest BCUT2D eigenvalue weighted by molar-refractivity contribution is 5.94. The molecule has 26 heavy (non-hydrogen) atoms. The third kappa shape index (κ3) is 3.15. The van der Waals surface area contributed by atoms with E-state index in [0.717, 1.165) is 6.42 Å². The maximum Gasteiger partial charge on any atom is 0.441 e. The summed E-state index contributed by atoms with van der Waals surface area (Å²) in [6.07, 6.45) is 2.48. The number of aromatic nitrogens is 3. The Morgan fingerprint density at radius 2 is 1.96 bits per heavy atom. The largest absolute Gasteiger partial charge is 0.441 e. The number of rotatable bonds is 4. The molecule has 0 saturated carbocycles. The highest BCUT2D eigenvalue weighted by Crippen LogP contribution is 2.22. The van der Waals surface area contributed by atoms with Crippen molar-refractivity contribution >= 4 is 5.91 Å². The molecule has 0 aliphatic carbocycles. The molecular formula is C19H18N4O3. The molecule has 1 amide bonds. The summed E-state index contributed by atoms with van der Waals surface area (Å²) >= 11 is 0. The van der Waals surface area contributed by atoms with Gasteiger partial charge in [0.2, 0.25) is 5.82 Å². The van der Waals surface area contributed by atoms with E-state index < -0.39 is 5.76 Å². The van der Waals surface area contributed by atoms with Crippen LogP contribution in [0, 0.1) is 5.92 Å². The lowest BCUT2D eigenvalue weighted by atomic mass is 10.1. The normalized spacial score (nSPS) is 16.8. The highest BCUT2D eigenvalue weighted by atomic mass is 16.5. The Morgan fingerprint density at radius 1 is 1.15 bits per heavy atom. The summed E-state index contributed by atoms with van der Waals surface area (Å²) < 4.78 is 6.34. The molecule has 3 heterocycles. The molecule has 0 radical (unpaired) electrons. The van der Waals surface area contributed by atoms with E-state index in [2.05, 4.69) is 10.1 Å². The van der Waals surface area contributed by atoms with Crippen molar-refractivity contribution in [3.05, 3.63) is 70.8 Å². The SMILES string of the molecule is O=C(c1ccccc1)N1CCC(Cn2c(-c3ccccn3)noc2=O)C1. The fourth-order valence-electron chi connectivity index (χ4n) is 3.30. The van der Waals surface area contributed by atoms with Crippen molar-refractivity contribution in [3.8, 4) is 11.5 Å². The van der Waals surface area contributed by atoms with E-state index in [1.54, 1.807) is 18.3 Å². The van der Waals surface area contributed by atoms with Gasteiger partial charge in [0.05, 0.1) is 0 Å². The van der Waals surface area contributed by atoms with E-state index in [-0.39, 0.29) is 11.8 Å². The molecule has 2 aromatic heterocycles. The predicted octanol–water partition coefficient (Wildman–Crippen LogP) is 2.06. The minimum Gasteiger partial charge on any atom is -0.338 e. The van der Waals surface area contributed by atoms with Gasteiger partial charge in [0, 0.05) is 31.4 Å². The van der Waals surface area contributed by atoms with E-state index >= 15 is 0 Å². The van der Waals surface area contributed by atoms with Crippen LogP contribution in [-0.4, -0.2) is 38.6 Å². The van der Waals surface area contributed by atoms with E-state index in [4.69, 9.17) is 4.52 Å². The number of pyridine rings is 1. The first-order valence-electron chi connectivity index (χ1n) is 8.54. The highest BCUT2D eigenvalue weighted by Gasteiger charge is 2.28. The number of benzene rings is 1. The Morgan fingerprint density at radius 3 is 2.73 bits per heavy atom. The fraction of sp³-hybridized carbons (Fsp3) is 0.263. The molecule has 1 saturated heterocycles. The smallest absolute Gasteiger partial charge is 0.338 e. The Kier molecular flexibility index (Phi) is 4.35. The van der Waals surface area contributed by atoms with E-state index in [9.17, 15) is 9.59 Å². The van der Waals surface area contributed by atoms with Crippen LogP contribution in [0.4, 0.5) is 0 Å². The molecule has 1 unspecified atom stereocenters. The number of carbonyl (C=O) groups excluding carboxylic acids is 1. The number of likely N-dealkylation sites (tertiary alicyclic amines) is 1. The second kappa shape index (κ2) is 6.95. The lowest BCUT2D eigenvalue weighted by Gasteiger charge is -2.16. The van der Waals surface area contributed by atoms with Gasteiger partial charge in [0.25, 0.3) is 5.91 Å². The quantitative estimate of drug-likeness (QED) is 0.719. The molecule has 1 aliphatic heterocycles. The van der Waals surface area contributed by atoms with Crippen molar-refractivity contribution in [1.29, 1.82) is 0 Å². The molecule has 4 rings (SSSR count). The number of nitrogens with zero attached hydrogens (tertiary/aromatic N) is 4. The summed E-state index contributed by atoms with van der Waals surface area (Å²) in [5.41, 5.74) is 1.28. The topological polar surface area (TPSA) is 81.2 Å². The van der Waals surface area contributed by atoms with Crippen LogP contribution in [0.3, 0.4) is 0 Å². The lowest BCUT2D eigenvalue weighted by Crippen LogP contribution is -2.30. The molecule has 1 atom stereocenters. The average molecular weight is 350 g/mol. The van der Waals surface area contributed by atoms with E-state index in [1.807, 2.05) is 41.3 Å². The predicted molar refractivity (Wildman–Crippen MR) is 94.4 cm³/mol. The number of amides is 1. The van der Waals surface area contributed by atoms with Crippen LogP contribution in [0.5, 0.6) is 0 Å². The van der Waals surface area contributed by atoms with Crippen LogP contribution >= 0.6 is 0 Å². The van der Waals surface area contributed by atoms with Crippen molar-refractivity contribution in [2.45, 2.75) is 13.0 Å². The molecule has 0 spiro atoms. The summed E-state index contributed by atoms with van der Waals surface area (Å²) in [4.78, 5) is 30.7. The molecule has 1 aliphatic rings. The van der Waals surface area contributed by atoms with Gasteiger partial charge in [-0.1, -0.05) is 29.4 Å². The molecular weight excluding hydrogens is 332 g/mol. The van der Waals surface area contributed by atoms with E-state index in [0.29, 0.717) is 36.7 Å². The average Bonchev–Trinajstić information content (AvgIpc) is 3.30. The van der Waals surface area contributed by atoms with Crippen LogP contribution in [0.25, 0.3) is 11.5 Å². The molecule has 1 aromatic carbocycles. The van der Waals surface area contributed by atoms with Gasteiger partial charge in [-0.05, 0) is 36.6 Å². The zero-order valence-corrected chi connectivity index (χ0v) is 14.1. The molecule has 0 bridgehead atoms. The minimum absolute atomic E-state index is 0.0238. The van der Waals surface area contributed by atoms with Gasteiger partial charge in [-0.15, -0.1) is 0 Å². The number of hydrogen-bond acceptors (Lipinski definition) is 5. The van der Waals surface area contributed by atoms with Crippen LogP contribution in [0.1, 0.15) is 16.8 Å². The fourth-order valence-corrected chi connectivity index (χ4v) is 3.30. The first-order valence-corrected chi connectivity index (χ1v) is 8.54. The van der Waals surface area contributed by atoms with Crippen molar-refractivity contribution in [2.24, 2.45) is 5.92 Å². The third-order valence-electron chi connectivity index (χ3n) is 4.61. The second-order valence-electron chi connectivity index (χ2n) is 6.37. The van der Waals surface area contributed by atoms with Gasteiger partial charge >= 0.3 is 5.76 Å². The Hall–Kier alpha value is -3.22. The van der Waals surface area contributed by atoms with Crippen LogP contribution in [-0.2, 0) is 6.54 Å². The Balaban J connectivity index is 1.49. The molecule has 3 aromatic rings. The van der Waals surface area contributed by atoms with Crippen molar-refractivity contribution in [3.63, 3.8) is 0 Å². The van der Waals surface area contributed by atoms with Gasteiger partial charge in [-0.25, -0.2) is 4.79 Å². The summed E-state index contributed by atoms with van der Waals surface area (Å²) in [7, 11) is 0.